The summed E-state index contributed by atoms with van der Waals surface area (Å²) in [4.78, 5) is 8.40. The Morgan fingerprint density at radius 1 is 0.380 bits per heavy atom. The van der Waals surface area contributed by atoms with E-state index in [1.807, 2.05) is 0 Å². The normalized spacial score (nSPS) is 43.7. The van der Waals surface area contributed by atoms with E-state index in [9.17, 15) is 0 Å². The molecule has 9 fully saturated rings. The Labute approximate surface area is 306 Å². The molecule has 0 bridgehead atoms. The van der Waals surface area contributed by atoms with Crippen LogP contribution >= 0.6 is 0 Å². The summed E-state index contributed by atoms with van der Waals surface area (Å²) < 4.78 is 20.3. The average molecular weight is 694 g/mol. The minimum absolute atomic E-state index is 0.411. The summed E-state index contributed by atoms with van der Waals surface area (Å²) in [5.74, 6) is 4.70. The van der Waals surface area contributed by atoms with E-state index in [2.05, 4.69) is 21.6 Å². The lowest BCUT2D eigenvalue weighted by atomic mass is 9.49. The monoisotopic (exact) mass is 694 g/mol. The van der Waals surface area contributed by atoms with Crippen LogP contribution in [0.2, 0.25) is 0 Å². The smallest absolute Gasteiger partial charge is 0.0996 e. The Kier molecular flexibility index (Phi) is 11.2. The third kappa shape index (κ3) is 7.28. The van der Waals surface area contributed by atoms with Crippen molar-refractivity contribution >= 4 is 0 Å². The van der Waals surface area contributed by atoms with Gasteiger partial charge >= 0.3 is 0 Å². The summed E-state index contributed by atoms with van der Waals surface area (Å²) >= 11 is 0. The SMILES string of the molecule is CC(C1CCC2OCN(C3CCCCC3)CC2C1)(C1CCC2OCN(C3CCCCC3)CC2C1)C1CCC2OCN(C3CCCCC3)CC2C1. The highest BCUT2D eigenvalue weighted by Crippen LogP contribution is 2.59. The molecule has 0 amide bonds. The number of fused-ring (bicyclic) bond motifs is 3. The van der Waals surface area contributed by atoms with Crippen LogP contribution < -0.4 is 0 Å². The highest BCUT2D eigenvalue weighted by atomic mass is 16.5. The number of rotatable bonds is 6. The molecule has 0 N–H and O–H groups in total. The molecule has 3 saturated heterocycles. The van der Waals surface area contributed by atoms with Gasteiger partial charge in [0, 0.05) is 37.8 Å². The Balaban J connectivity index is 0.944. The second kappa shape index (κ2) is 15.9. The minimum atomic E-state index is 0.411. The first kappa shape index (κ1) is 35.5. The Bertz CT molecular complexity index is 955. The number of nitrogens with zero attached hydrogens (tertiary/aromatic N) is 3. The molecule has 9 rings (SSSR count). The second-order valence-corrected chi connectivity index (χ2v) is 19.9. The molecule has 3 heterocycles. The Morgan fingerprint density at radius 3 is 0.980 bits per heavy atom. The zero-order valence-corrected chi connectivity index (χ0v) is 32.2. The topological polar surface area (TPSA) is 37.4 Å². The predicted molar refractivity (Wildman–Crippen MR) is 201 cm³/mol. The van der Waals surface area contributed by atoms with Crippen LogP contribution in [0, 0.1) is 40.9 Å². The van der Waals surface area contributed by atoms with Gasteiger partial charge in [0.1, 0.15) is 0 Å². The van der Waals surface area contributed by atoms with Crippen LogP contribution in [0.15, 0.2) is 0 Å². The fourth-order valence-corrected chi connectivity index (χ4v) is 14.4. The molecule has 6 aliphatic carbocycles. The summed E-state index contributed by atoms with van der Waals surface area (Å²) in [6.07, 6.45) is 35.1. The fraction of sp³-hybridized carbons (Fsp3) is 1.00. The quantitative estimate of drug-likeness (QED) is 0.276. The van der Waals surface area contributed by atoms with Crippen molar-refractivity contribution in [2.75, 3.05) is 39.8 Å². The van der Waals surface area contributed by atoms with Crippen molar-refractivity contribution in [1.82, 2.24) is 14.7 Å². The standard InChI is InChI=1S/C44H75N3O3/c1-44(35-17-20-41-32(23-35)26-45(29-48-41)38-11-5-2-6-12-38,36-18-21-42-33(24-36)27-46(30-49-42)39-13-7-3-8-14-39)37-19-22-43-34(25-37)28-47(31-50-43)40-15-9-4-10-16-40/h32-43H,2-31H2,1H3. The third-order valence-corrected chi connectivity index (χ3v) is 17.4. The predicted octanol–water partition coefficient (Wildman–Crippen LogP) is 9.21. The van der Waals surface area contributed by atoms with Crippen LogP contribution in [0.1, 0.15) is 161 Å². The van der Waals surface area contributed by atoms with Crippen molar-refractivity contribution in [3.8, 4) is 0 Å². The molecule has 6 saturated carbocycles. The van der Waals surface area contributed by atoms with Crippen LogP contribution in [0.5, 0.6) is 0 Å². The van der Waals surface area contributed by atoms with E-state index in [-0.39, 0.29) is 0 Å². The van der Waals surface area contributed by atoms with E-state index in [1.54, 1.807) is 0 Å². The molecular formula is C44H75N3O3. The molecule has 50 heavy (non-hydrogen) atoms. The average Bonchev–Trinajstić information content (AvgIpc) is 3.20. The number of hydrogen-bond donors (Lipinski definition) is 0. The minimum Gasteiger partial charge on any atom is -0.363 e. The zero-order valence-electron chi connectivity index (χ0n) is 32.2. The van der Waals surface area contributed by atoms with Crippen LogP contribution in [-0.4, -0.2) is 91.0 Å². The number of ether oxygens (including phenoxy) is 3. The molecular weight excluding hydrogens is 619 g/mol. The van der Waals surface area contributed by atoms with E-state index in [4.69, 9.17) is 14.2 Å². The fourth-order valence-electron chi connectivity index (χ4n) is 14.4. The van der Waals surface area contributed by atoms with Crippen LogP contribution in [0.4, 0.5) is 0 Å². The van der Waals surface area contributed by atoms with Crippen molar-refractivity contribution in [3.05, 3.63) is 0 Å². The lowest BCUT2D eigenvalue weighted by Crippen LogP contribution is -2.57. The summed E-state index contributed by atoms with van der Waals surface area (Å²) in [7, 11) is 0. The summed E-state index contributed by atoms with van der Waals surface area (Å²) in [6, 6.07) is 2.33. The third-order valence-electron chi connectivity index (χ3n) is 17.4. The van der Waals surface area contributed by atoms with Gasteiger partial charge in [0.15, 0.2) is 0 Å². The Morgan fingerprint density at radius 2 is 0.680 bits per heavy atom. The maximum Gasteiger partial charge on any atom is 0.0996 e. The molecule has 0 aromatic heterocycles. The lowest BCUT2D eigenvalue weighted by Gasteiger charge is -2.59. The summed E-state index contributed by atoms with van der Waals surface area (Å²) in [5, 5.41) is 0. The van der Waals surface area contributed by atoms with Gasteiger partial charge in [-0.2, -0.15) is 0 Å². The maximum absolute atomic E-state index is 6.76. The van der Waals surface area contributed by atoms with Crippen molar-refractivity contribution in [3.63, 3.8) is 0 Å². The molecule has 6 nitrogen and oxygen atoms in total. The van der Waals surface area contributed by atoms with E-state index in [0.717, 1.165) is 73.8 Å². The molecule has 0 aromatic rings. The van der Waals surface area contributed by atoms with E-state index in [0.29, 0.717) is 23.7 Å². The van der Waals surface area contributed by atoms with Crippen molar-refractivity contribution in [2.24, 2.45) is 40.9 Å². The molecule has 6 heteroatoms. The molecule has 9 atom stereocenters. The first-order valence-electron chi connectivity index (χ1n) is 22.7. The van der Waals surface area contributed by atoms with E-state index in [1.165, 1.54) is 174 Å². The van der Waals surface area contributed by atoms with Crippen LogP contribution in [-0.2, 0) is 14.2 Å². The largest absolute Gasteiger partial charge is 0.363 e. The molecule has 0 aromatic carbocycles. The molecule has 3 aliphatic heterocycles. The molecule has 9 unspecified atom stereocenters. The van der Waals surface area contributed by atoms with Gasteiger partial charge in [0.2, 0.25) is 0 Å². The summed E-state index contributed by atoms with van der Waals surface area (Å²) in [6.45, 7) is 9.51. The van der Waals surface area contributed by atoms with E-state index >= 15 is 0 Å². The van der Waals surface area contributed by atoms with E-state index < -0.39 is 0 Å². The highest BCUT2D eigenvalue weighted by molar-refractivity contribution is 5.04. The van der Waals surface area contributed by atoms with Gasteiger partial charge in [0.05, 0.1) is 38.5 Å². The molecule has 284 valence electrons. The molecule has 0 radical (unpaired) electrons. The van der Waals surface area contributed by atoms with Gasteiger partial charge in [-0.15, -0.1) is 0 Å². The van der Waals surface area contributed by atoms with Gasteiger partial charge in [-0.1, -0.05) is 64.7 Å². The van der Waals surface area contributed by atoms with Gasteiger partial charge in [-0.3, -0.25) is 14.7 Å². The highest BCUT2D eigenvalue weighted by Gasteiger charge is 2.55. The van der Waals surface area contributed by atoms with Crippen molar-refractivity contribution in [2.45, 2.75) is 197 Å². The van der Waals surface area contributed by atoms with Crippen molar-refractivity contribution in [1.29, 1.82) is 0 Å². The van der Waals surface area contributed by atoms with Crippen molar-refractivity contribution < 1.29 is 14.2 Å². The van der Waals surface area contributed by atoms with Gasteiger partial charge < -0.3 is 14.2 Å². The van der Waals surface area contributed by atoms with Gasteiger partial charge in [-0.25, -0.2) is 0 Å². The molecule has 0 spiro atoms. The van der Waals surface area contributed by atoms with Gasteiger partial charge in [0.25, 0.3) is 0 Å². The van der Waals surface area contributed by atoms with Gasteiger partial charge in [-0.05, 0) is 137 Å². The maximum atomic E-state index is 6.76. The Hall–Kier alpha value is -0.240. The first-order chi connectivity index (χ1) is 24.6. The molecule has 9 aliphatic rings. The summed E-state index contributed by atoms with van der Waals surface area (Å²) in [5.41, 5.74) is 0.411. The number of hydrogen-bond acceptors (Lipinski definition) is 6. The van der Waals surface area contributed by atoms with Crippen LogP contribution in [0.3, 0.4) is 0 Å². The zero-order chi connectivity index (χ0) is 33.5. The van der Waals surface area contributed by atoms with Crippen LogP contribution in [0.25, 0.3) is 0 Å². The lowest BCUT2D eigenvalue weighted by molar-refractivity contribution is -0.183. The second-order valence-electron chi connectivity index (χ2n) is 19.9. The first-order valence-corrected chi connectivity index (χ1v) is 22.7.